The van der Waals surface area contributed by atoms with Crippen LogP contribution in [0.4, 0.5) is 0 Å². The Bertz CT molecular complexity index is 498. The van der Waals surface area contributed by atoms with Gasteiger partial charge in [-0.1, -0.05) is 0 Å². The number of hydrogen-bond acceptors (Lipinski definition) is 5. The number of ether oxygens (including phenoxy) is 1. The van der Waals surface area contributed by atoms with Gasteiger partial charge < -0.3 is 9.84 Å². The molecule has 18 heavy (non-hydrogen) atoms. The van der Waals surface area contributed by atoms with Crippen LogP contribution in [-0.4, -0.2) is 44.2 Å². The van der Waals surface area contributed by atoms with Gasteiger partial charge in [0.15, 0.2) is 5.03 Å². The lowest BCUT2D eigenvalue weighted by Crippen LogP contribution is -2.28. The fraction of sp³-hybridized carbons (Fsp3) is 0.400. The van der Waals surface area contributed by atoms with Gasteiger partial charge in [-0.05, 0) is 19.1 Å². The molecular formula is C10H14N2O5S. The van der Waals surface area contributed by atoms with Crippen LogP contribution >= 0.6 is 0 Å². The first kappa shape index (κ1) is 14.6. The summed E-state index contributed by atoms with van der Waals surface area (Å²) in [5.74, 6) is -1.16. The molecule has 0 aliphatic carbocycles. The Kier molecular flexibility index (Phi) is 5.20. The highest BCUT2D eigenvalue weighted by Gasteiger charge is 2.15. The molecule has 0 unspecified atom stereocenters. The van der Waals surface area contributed by atoms with E-state index in [2.05, 4.69) is 9.71 Å². The van der Waals surface area contributed by atoms with Crippen molar-refractivity contribution in [1.82, 2.24) is 9.71 Å². The summed E-state index contributed by atoms with van der Waals surface area (Å²) in [5, 5.41) is 8.44. The second kappa shape index (κ2) is 6.43. The van der Waals surface area contributed by atoms with Crippen LogP contribution in [0, 0.1) is 0 Å². The number of nitrogens with zero attached hydrogens (tertiary/aromatic N) is 1. The average molecular weight is 274 g/mol. The molecule has 0 aliphatic rings. The molecule has 1 aromatic rings. The quantitative estimate of drug-likeness (QED) is 0.683. The summed E-state index contributed by atoms with van der Waals surface area (Å²) < 4.78 is 30.7. The van der Waals surface area contributed by atoms with E-state index in [0.29, 0.717) is 6.61 Å². The Balaban J connectivity index is 2.70. The summed E-state index contributed by atoms with van der Waals surface area (Å²) in [7, 11) is -3.72. The van der Waals surface area contributed by atoms with Gasteiger partial charge in [-0.3, -0.25) is 0 Å². The van der Waals surface area contributed by atoms with Gasteiger partial charge in [0.1, 0.15) is 0 Å². The molecule has 0 atom stereocenters. The van der Waals surface area contributed by atoms with Crippen LogP contribution in [0.5, 0.6) is 0 Å². The minimum absolute atomic E-state index is 0.0664. The van der Waals surface area contributed by atoms with Gasteiger partial charge in [0.05, 0.1) is 12.2 Å². The fourth-order valence-corrected chi connectivity index (χ4v) is 2.07. The predicted molar refractivity (Wildman–Crippen MR) is 62.9 cm³/mol. The van der Waals surface area contributed by atoms with Crippen molar-refractivity contribution >= 4 is 16.0 Å². The van der Waals surface area contributed by atoms with Crippen molar-refractivity contribution in [1.29, 1.82) is 0 Å². The normalized spacial score (nSPS) is 11.4. The molecule has 8 heteroatoms. The molecule has 0 radical (unpaired) electrons. The molecule has 0 amide bonds. The van der Waals surface area contributed by atoms with Crippen LogP contribution in [0.3, 0.4) is 0 Å². The zero-order valence-electron chi connectivity index (χ0n) is 9.79. The van der Waals surface area contributed by atoms with E-state index in [0.717, 1.165) is 12.3 Å². The smallest absolute Gasteiger partial charge is 0.337 e. The minimum atomic E-state index is -3.72. The van der Waals surface area contributed by atoms with Crippen LogP contribution in [-0.2, 0) is 14.8 Å². The largest absolute Gasteiger partial charge is 0.478 e. The maximum absolute atomic E-state index is 11.7. The first-order chi connectivity index (χ1) is 8.47. The van der Waals surface area contributed by atoms with E-state index in [1.54, 1.807) is 6.92 Å². The SMILES string of the molecule is CCOCCNS(=O)(=O)c1ccc(C(=O)O)cn1. The van der Waals surface area contributed by atoms with Crippen LogP contribution < -0.4 is 4.72 Å². The van der Waals surface area contributed by atoms with Crippen molar-refractivity contribution in [2.75, 3.05) is 19.8 Å². The number of carbonyl (C=O) groups is 1. The van der Waals surface area contributed by atoms with Gasteiger partial charge in [0.2, 0.25) is 0 Å². The molecule has 0 saturated carbocycles. The minimum Gasteiger partial charge on any atom is -0.478 e. The van der Waals surface area contributed by atoms with Crippen LogP contribution in [0.25, 0.3) is 0 Å². The maximum Gasteiger partial charge on any atom is 0.337 e. The van der Waals surface area contributed by atoms with E-state index in [9.17, 15) is 13.2 Å². The average Bonchev–Trinajstić information content (AvgIpc) is 2.35. The molecule has 0 aliphatic heterocycles. The third kappa shape index (κ3) is 4.06. The van der Waals surface area contributed by atoms with Crippen molar-refractivity contribution in [2.45, 2.75) is 11.9 Å². The number of hydrogen-bond donors (Lipinski definition) is 2. The fourth-order valence-electron chi connectivity index (χ4n) is 1.13. The second-order valence-corrected chi connectivity index (χ2v) is 5.00. The molecule has 0 bridgehead atoms. The van der Waals surface area contributed by atoms with Gasteiger partial charge in [-0.2, -0.15) is 0 Å². The zero-order chi connectivity index (χ0) is 13.6. The van der Waals surface area contributed by atoms with Gasteiger partial charge >= 0.3 is 5.97 Å². The Morgan fingerprint density at radius 2 is 2.22 bits per heavy atom. The topological polar surface area (TPSA) is 106 Å². The summed E-state index contributed by atoms with van der Waals surface area (Å²) in [6, 6.07) is 2.33. The molecule has 100 valence electrons. The van der Waals surface area contributed by atoms with E-state index in [1.807, 2.05) is 0 Å². The lowest BCUT2D eigenvalue weighted by molar-refractivity contribution is 0.0696. The number of pyridine rings is 1. The second-order valence-electron chi connectivity index (χ2n) is 3.28. The number of aromatic carboxylic acids is 1. The van der Waals surface area contributed by atoms with Crippen molar-refractivity contribution in [3.8, 4) is 0 Å². The van der Waals surface area contributed by atoms with E-state index >= 15 is 0 Å². The van der Waals surface area contributed by atoms with Crippen LogP contribution in [0.1, 0.15) is 17.3 Å². The van der Waals surface area contributed by atoms with Crippen LogP contribution in [0.15, 0.2) is 23.4 Å². The number of carboxylic acids is 1. The predicted octanol–water partition coefficient (Wildman–Crippen LogP) is 0.0946. The Morgan fingerprint density at radius 1 is 1.50 bits per heavy atom. The first-order valence-electron chi connectivity index (χ1n) is 5.24. The van der Waals surface area contributed by atoms with Crippen molar-refractivity contribution in [2.24, 2.45) is 0 Å². The molecule has 1 aromatic heterocycles. The monoisotopic (exact) mass is 274 g/mol. The standard InChI is InChI=1S/C10H14N2O5S/c1-2-17-6-5-12-18(15,16)9-4-3-8(7-11-9)10(13)14/h3-4,7,12H,2,5-6H2,1H3,(H,13,14). The molecule has 0 aromatic carbocycles. The highest BCUT2D eigenvalue weighted by atomic mass is 32.2. The summed E-state index contributed by atoms with van der Waals surface area (Å²) >= 11 is 0. The van der Waals surface area contributed by atoms with Crippen molar-refractivity contribution in [3.63, 3.8) is 0 Å². The number of aromatic nitrogens is 1. The van der Waals surface area contributed by atoms with Gasteiger partial charge in [-0.25, -0.2) is 22.9 Å². The highest BCUT2D eigenvalue weighted by molar-refractivity contribution is 7.89. The molecular weight excluding hydrogens is 260 g/mol. The third-order valence-electron chi connectivity index (χ3n) is 2.00. The van der Waals surface area contributed by atoms with Crippen molar-refractivity contribution in [3.05, 3.63) is 23.9 Å². The molecule has 2 N–H and O–H groups in total. The van der Waals surface area contributed by atoms with Crippen LogP contribution in [0.2, 0.25) is 0 Å². The lowest BCUT2D eigenvalue weighted by atomic mass is 10.3. The summed E-state index contributed by atoms with van der Waals surface area (Å²) in [6.45, 7) is 2.72. The van der Waals surface area contributed by atoms with Gasteiger partial charge in [-0.15, -0.1) is 0 Å². The number of nitrogens with one attached hydrogen (secondary N) is 1. The van der Waals surface area contributed by atoms with Gasteiger partial charge in [0, 0.05) is 19.3 Å². The number of rotatable bonds is 7. The summed E-state index contributed by atoms with van der Waals surface area (Å²) in [5.41, 5.74) is -0.0664. The summed E-state index contributed by atoms with van der Waals surface area (Å²) in [4.78, 5) is 14.2. The van der Waals surface area contributed by atoms with E-state index in [4.69, 9.17) is 9.84 Å². The Hall–Kier alpha value is -1.51. The van der Waals surface area contributed by atoms with Gasteiger partial charge in [0.25, 0.3) is 10.0 Å². The highest BCUT2D eigenvalue weighted by Crippen LogP contribution is 2.06. The Morgan fingerprint density at radius 3 is 2.72 bits per heavy atom. The molecule has 0 saturated heterocycles. The molecule has 0 fully saturated rings. The molecule has 1 rings (SSSR count). The maximum atomic E-state index is 11.7. The molecule has 7 nitrogen and oxygen atoms in total. The summed E-state index contributed by atoms with van der Waals surface area (Å²) in [6.07, 6.45) is 0.999. The van der Waals surface area contributed by atoms with E-state index < -0.39 is 16.0 Å². The van der Waals surface area contributed by atoms with Crippen molar-refractivity contribution < 1.29 is 23.1 Å². The zero-order valence-corrected chi connectivity index (χ0v) is 10.6. The molecule has 0 spiro atoms. The molecule has 1 heterocycles. The Labute approximate surface area is 105 Å². The van der Waals surface area contributed by atoms with E-state index in [-0.39, 0.29) is 23.7 Å². The lowest BCUT2D eigenvalue weighted by Gasteiger charge is -2.06. The van der Waals surface area contributed by atoms with E-state index in [1.165, 1.54) is 6.07 Å². The number of carboxylic acid groups (broad SMARTS) is 1. The third-order valence-corrected chi connectivity index (χ3v) is 3.38. The first-order valence-corrected chi connectivity index (χ1v) is 6.72. The number of sulfonamides is 1.